The third-order valence-corrected chi connectivity index (χ3v) is 20.1. The third kappa shape index (κ3) is 7.28. The molecule has 0 saturated heterocycles. The SMILES string of the molecule is Cc1cc(C)c(-c2cccc(-c3c(C)cc(C)cc3C)[c]2[Ga]([c]2c(-c3c(C)cc(C)cc3C)cccc2-c2c(C)cc(C)cc2C)[C](C)(C)C)c(C)c1. The molecule has 0 aliphatic heterocycles. The molecule has 0 bridgehead atoms. The summed E-state index contributed by atoms with van der Waals surface area (Å²) in [7, 11) is 0. The Balaban J connectivity index is 1.90. The monoisotopic (exact) mass is 752 g/mol. The molecular weight excluding hydrogens is 694 g/mol. The fraction of sp³-hybridized carbons (Fsp3) is 0.308. The summed E-state index contributed by atoms with van der Waals surface area (Å²) in [5.41, 5.74) is 27.5. The van der Waals surface area contributed by atoms with Crippen molar-refractivity contribution in [2.24, 2.45) is 0 Å². The Morgan fingerprint density at radius 2 is 0.509 bits per heavy atom. The van der Waals surface area contributed by atoms with Gasteiger partial charge in [0.2, 0.25) is 0 Å². The maximum atomic E-state index is 2.55. The quantitative estimate of drug-likeness (QED) is 0.149. The van der Waals surface area contributed by atoms with Crippen molar-refractivity contribution >= 4 is 24.5 Å². The Hall–Kier alpha value is -4.04. The van der Waals surface area contributed by atoms with E-state index in [2.05, 4.69) is 189 Å². The molecule has 6 aromatic rings. The molecule has 0 nitrogen and oxygen atoms in total. The van der Waals surface area contributed by atoms with Crippen LogP contribution >= 0.6 is 0 Å². The molecule has 0 N–H and O–H groups in total. The Morgan fingerprint density at radius 3 is 0.679 bits per heavy atom. The number of hydrogen-bond acceptors (Lipinski definition) is 0. The van der Waals surface area contributed by atoms with Crippen molar-refractivity contribution in [3.63, 3.8) is 0 Å². The Kier molecular flexibility index (Phi) is 10.7. The first-order valence-electron chi connectivity index (χ1n) is 19.5. The average molecular weight is 754 g/mol. The van der Waals surface area contributed by atoms with Crippen molar-refractivity contribution < 1.29 is 0 Å². The Morgan fingerprint density at radius 1 is 0.321 bits per heavy atom. The summed E-state index contributed by atoms with van der Waals surface area (Å²) in [5.74, 6) is 0. The van der Waals surface area contributed by atoms with Crippen molar-refractivity contribution in [2.75, 3.05) is 0 Å². The normalized spacial score (nSPS) is 11.7. The molecule has 0 aromatic heterocycles. The molecule has 0 spiro atoms. The molecule has 0 saturated carbocycles. The van der Waals surface area contributed by atoms with E-state index in [0.29, 0.717) is 0 Å². The van der Waals surface area contributed by atoms with E-state index in [9.17, 15) is 0 Å². The predicted molar refractivity (Wildman–Crippen MR) is 236 cm³/mol. The summed E-state index contributed by atoms with van der Waals surface area (Å²) in [5, 5.41) is 0. The van der Waals surface area contributed by atoms with Gasteiger partial charge < -0.3 is 0 Å². The zero-order valence-corrected chi connectivity index (χ0v) is 37.6. The molecule has 0 fully saturated rings. The van der Waals surface area contributed by atoms with Crippen LogP contribution in [0, 0.1) is 83.1 Å². The van der Waals surface area contributed by atoms with Gasteiger partial charge >= 0.3 is 328 Å². The Bertz CT molecular complexity index is 1990. The second-order valence-corrected chi connectivity index (χ2v) is 25.3. The number of rotatable bonds is 6. The summed E-state index contributed by atoms with van der Waals surface area (Å²) in [6.07, 6.45) is 0. The first-order chi connectivity index (χ1) is 24.9. The van der Waals surface area contributed by atoms with Gasteiger partial charge in [0, 0.05) is 0 Å². The third-order valence-electron chi connectivity index (χ3n) is 11.4. The second kappa shape index (κ2) is 14.7. The van der Waals surface area contributed by atoms with Crippen LogP contribution in [0.25, 0.3) is 44.5 Å². The summed E-state index contributed by atoms with van der Waals surface area (Å²) in [6.45, 7) is 35.2. The van der Waals surface area contributed by atoms with Crippen LogP contribution in [-0.4, -0.2) is 16.2 Å². The van der Waals surface area contributed by atoms with Gasteiger partial charge in [-0.05, 0) is 0 Å². The summed E-state index contributed by atoms with van der Waals surface area (Å²) >= 11 is -2.97. The van der Waals surface area contributed by atoms with E-state index in [1.54, 1.807) is 8.24 Å². The van der Waals surface area contributed by atoms with Crippen LogP contribution in [0.3, 0.4) is 0 Å². The molecule has 0 aliphatic carbocycles. The van der Waals surface area contributed by atoms with E-state index in [-0.39, 0.29) is 3.97 Å². The minimum atomic E-state index is -2.97. The number of hydrogen-bond donors (Lipinski definition) is 0. The van der Waals surface area contributed by atoms with Gasteiger partial charge in [-0.15, -0.1) is 0 Å². The van der Waals surface area contributed by atoms with E-state index in [4.69, 9.17) is 0 Å². The van der Waals surface area contributed by atoms with Crippen molar-refractivity contribution in [1.29, 1.82) is 0 Å². The fourth-order valence-corrected chi connectivity index (χ4v) is 18.9. The molecular formula is C52H59Ga. The van der Waals surface area contributed by atoms with E-state index in [1.807, 2.05) is 0 Å². The molecule has 0 amide bonds. The van der Waals surface area contributed by atoms with Crippen LogP contribution in [-0.2, 0) is 0 Å². The van der Waals surface area contributed by atoms with Crippen molar-refractivity contribution in [1.82, 2.24) is 0 Å². The first-order valence-corrected chi connectivity index (χ1v) is 23.1. The van der Waals surface area contributed by atoms with E-state index < -0.39 is 16.2 Å². The van der Waals surface area contributed by atoms with E-state index >= 15 is 0 Å². The number of aryl methyl sites for hydroxylation is 12. The second-order valence-electron chi connectivity index (χ2n) is 17.4. The van der Waals surface area contributed by atoms with Crippen LogP contribution in [0.4, 0.5) is 0 Å². The van der Waals surface area contributed by atoms with Crippen molar-refractivity contribution in [3.8, 4) is 44.5 Å². The van der Waals surface area contributed by atoms with Gasteiger partial charge in [0.05, 0.1) is 0 Å². The van der Waals surface area contributed by atoms with Gasteiger partial charge in [-0.25, -0.2) is 0 Å². The molecule has 6 aromatic carbocycles. The van der Waals surface area contributed by atoms with Crippen molar-refractivity contribution in [3.05, 3.63) is 152 Å². The first kappa shape index (κ1) is 38.7. The van der Waals surface area contributed by atoms with Gasteiger partial charge in [-0.2, -0.15) is 0 Å². The minimum absolute atomic E-state index is 0.0285. The van der Waals surface area contributed by atoms with Crippen LogP contribution < -0.4 is 8.24 Å². The predicted octanol–water partition coefficient (Wildman–Crippen LogP) is 13.5. The molecule has 0 atom stereocenters. The van der Waals surface area contributed by atoms with Crippen LogP contribution in [0.15, 0.2) is 84.9 Å². The van der Waals surface area contributed by atoms with Gasteiger partial charge in [0.1, 0.15) is 0 Å². The van der Waals surface area contributed by atoms with Gasteiger partial charge in [0.25, 0.3) is 0 Å². The molecule has 0 heterocycles. The summed E-state index contributed by atoms with van der Waals surface area (Å²) < 4.78 is 3.24. The molecule has 1 heteroatoms. The topological polar surface area (TPSA) is 0 Å². The molecule has 0 radical (unpaired) electrons. The zero-order valence-electron chi connectivity index (χ0n) is 35.2. The summed E-state index contributed by atoms with van der Waals surface area (Å²) in [6, 6.07) is 33.6. The van der Waals surface area contributed by atoms with Gasteiger partial charge in [-0.1, -0.05) is 0 Å². The van der Waals surface area contributed by atoms with Crippen LogP contribution in [0.5, 0.6) is 0 Å². The van der Waals surface area contributed by atoms with Crippen LogP contribution in [0.2, 0.25) is 3.97 Å². The van der Waals surface area contributed by atoms with E-state index in [1.165, 1.54) is 111 Å². The fourth-order valence-electron chi connectivity index (χ4n) is 10.1. The maximum absolute atomic E-state index is 2.97. The molecule has 0 unspecified atom stereocenters. The van der Waals surface area contributed by atoms with Gasteiger partial charge in [0.15, 0.2) is 0 Å². The molecule has 0 aliphatic rings. The molecule has 6 rings (SSSR count). The van der Waals surface area contributed by atoms with Crippen molar-refractivity contribution in [2.45, 2.75) is 108 Å². The van der Waals surface area contributed by atoms with Crippen LogP contribution in [0.1, 0.15) is 87.5 Å². The summed E-state index contributed by atoms with van der Waals surface area (Å²) in [4.78, 5) is 0. The molecule has 270 valence electrons. The van der Waals surface area contributed by atoms with E-state index in [0.717, 1.165) is 0 Å². The number of benzene rings is 6. The zero-order chi connectivity index (χ0) is 38.7. The molecule has 53 heavy (non-hydrogen) atoms. The Labute approximate surface area is 326 Å². The standard InChI is InChI=1S/2C24H25.C4H9.Ga/c2*1-15-10-17(3)23(18(4)11-15)21-8-7-9-22(14-21)24-19(5)12-16(2)13-20(24)6;1-4(2)3;/h2*7-13H,1-6H3;1-3H3;. The van der Waals surface area contributed by atoms with Gasteiger partial charge in [-0.3, -0.25) is 0 Å². The average Bonchev–Trinajstić information content (AvgIpc) is 3.00.